The lowest BCUT2D eigenvalue weighted by Gasteiger charge is -2.36. The van der Waals surface area contributed by atoms with Gasteiger partial charge in [0.05, 0.1) is 30.5 Å². The monoisotopic (exact) mass is 730 g/mol. The summed E-state index contributed by atoms with van der Waals surface area (Å²) in [6, 6.07) is 20.8. The van der Waals surface area contributed by atoms with Gasteiger partial charge >= 0.3 is 12.2 Å². The Bertz CT molecular complexity index is 2020. The van der Waals surface area contributed by atoms with Crippen LogP contribution in [0.5, 0.6) is 11.5 Å². The molecule has 3 aromatic carbocycles. The van der Waals surface area contributed by atoms with E-state index < -0.39 is 23.6 Å². The van der Waals surface area contributed by atoms with E-state index in [9.17, 15) is 4.79 Å². The molecule has 0 aliphatic carbocycles. The average molecular weight is 731 g/mol. The lowest BCUT2D eigenvalue weighted by atomic mass is 10.0. The Labute approximate surface area is 306 Å². The highest BCUT2D eigenvalue weighted by molar-refractivity contribution is 6.34. The fraction of sp³-hybridized carbons (Fsp3) is 0.333. The third-order valence-electron chi connectivity index (χ3n) is 8.67. The normalized spacial score (nSPS) is 13.3. The second-order valence-electron chi connectivity index (χ2n) is 13.7. The Morgan fingerprint density at radius 1 is 0.846 bits per heavy atom. The van der Waals surface area contributed by atoms with Gasteiger partial charge in [-0.05, 0) is 86.8 Å². The summed E-state index contributed by atoms with van der Waals surface area (Å²) < 4.78 is 47.9. The van der Waals surface area contributed by atoms with Crippen LogP contribution in [0.25, 0.3) is 22.2 Å². The number of anilines is 2. The minimum absolute atomic E-state index is 0.00626. The van der Waals surface area contributed by atoms with Gasteiger partial charge in [-0.15, -0.1) is 0 Å². The van der Waals surface area contributed by atoms with Gasteiger partial charge in [-0.25, -0.2) is 14.2 Å². The Morgan fingerprint density at radius 2 is 1.42 bits per heavy atom. The lowest BCUT2D eigenvalue weighted by Crippen LogP contribution is -2.50. The van der Waals surface area contributed by atoms with Crippen LogP contribution in [0.4, 0.5) is 25.2 Å². The van der Waals surface area contributed by atoms with Crippen molar-refractivity contribution >= 4 is 40.2 Å². The molecule has 272 valence electrons. The summed E-state index contributed by atoms with van der Waals surface area (Å²) >= 11 is 6.87. The van der Waals surface area contributed by atoms with E-state index in [0.29, 0.717) is 45.1 Å². The van der Waals surface area contributed by atoms with Gasteiger partial charge in [-0.1, -0.05) is 35.9 Å². The van der Waals surface area contributed by atoms with Crippen LogP contribution in [-0.4, -0.2) is 71.9 Å². The molecule has 1 fully saturated rings. The third kappa shape index (κ3) is 8.28. The van der Waals surface area contributed by atoms with Crippen LogP contribution in [0.15, 0.2) is 66.7 Å². The van der Waals surface area contributed by atoms with E-state index in [0.717, 1.165) is 28.2 Å². The van der Waals surface area contributed by atoms with Gasteiger partial charge in [0.2, 0.25) is 0 Å². The number of carbonyl (C=O) groups is 1. The summed E-state index contributed by atoms with van der Waals surface area (Å²) in [4.78, 5) is 30.9. The number of ether oxygens (including phenoxy) is 3. The molecule has 0 bridgehead atoms. The third-order valence-corrected chi connectivity index (χ3v) is 8.97. The number of halogens is 3. The molecule has 13 heteroatoms. The van der Waals surface area contributed by atoms with Crippen molar-refractivity contribution in [1.82, 2.24) is 19.9 Å². The van der Waals surface area contributed by atoms with Crippen LogP contribution < -0.4 is 19.3 Å². The van der Waals surface area contributed by atoms with E-state index in [1.165, 1.54) is 0 Å². The molecular formula is C39H41ClF2N6O4. The van der Waals surface area contributed by atoms with E-state index in [2.05, 4.69) is 14.9 Å². The standard InChI is InChI=1S/C39H41ClF2N6O4/c1-24-19-31(43-32(20-24)48(22-25-7-11-27(50-5)12-8-25)23-26-9-13-28(51-6)14-10-26)33-30(40)21-29-35(34(33)41)44-37(42)45-36(29)46-15-17-47(18-16-46)38(49)52-39(2,3)4/h7-14,19-21H,15-18,22-23H2,1-6H3. The van der Waals surface area contributed by atoms with Crippen LogP contribution in [0, 0.1) is 18.8 Å². The van der Waals surface area contributed by atoms with Crippen LogP contribution >= 0.6 is 11.6 Å². The molecule has 1 amide bonds. The van der Waals surface area contributed by atoms with Gasteiger partial charge in [0.15, 0.2) is 5.82 Å². The first kappa shape index (κ1) is 36.6. The summed E-state index contributed by atoms with van der Waals surface area (Å²) in [5.41, 5.74) is 2.29. The van der Waals surface area contributed by atoms with E-state index in [4.69, 9.17) is 30.8 Å². The summed E-state index contributed by atoms with van der Waals surface area (Å²) in [5.74, 6) is 1.47. The minimum atomic E-state index is -1.08. The fourth-order valence-electron chi connectivity index (χ4n) is 6.12. The average Bonchev–Trinajstić information content (AvgIpc) is 3.11. The Kier molecular flexibility index (Phi) is 10.7. The number of aromatic nitrogens is 3. The van der Waals surface area contributed by atoms with Gasteiger partial charge in [0, 0.05) is 44.7 Å². The smallest absolute Gasteiger partial charge is 0.410 e. The second-order valence-corrected chi connectivity index (χ2v) is 14.1. The molecule has 6 rings (SSSR count). The number of benzene rings is 3. The van der Waals surface area contributed by atoms with Crippen molar-refractivity contribution in [3.63, 3.8) is 0 Å². The number of pyridine rings is 1. The number of hydrogen-bond acceptors (Lipinski definition) is 9. The first-order valence-corrected chi connectivity index (χ1v) is 17.3. The number of methoxy groups -OCH3 is 2. The molecule has 0 unspecified atom stereocenters. The maximum atomic E-state index is 16.7. The van der Waals surface area contributed by atoms with Gasteiger partial charge in [0.1, 0.15) is 34.3 Å². The molecule has 5 aromatic rings. The van der Waals surface area contributed by atoms with Crippen molar-refractivity contribution in [1.29, 1.82) is 0 Å². The number of nitrogens with zero attached hydrogens (tertiary/aromatic N) is 6. The Morgan fingerprint density at radius 3 is 1.96 bits per heavy atom. The molecule has 0 atom stereocenters. The minimum Gasteiger partial charge on any atom is -0.497 e. The predicted molar refractivity (Wildman–Crippen MR) is 198 cm³/mol. The SMILES string of the molecule is COc1ccc(CN(Cc2ccc(OC)cc2)c2cc(C)cc(-c3c(Cl)cc4c(N5CCN(C(=O)OC(C)(C)C)CC5)nc(F)nc4c3F)n2)cc1. The zero-order valence-electron chi connectivity index (χ0n) is 30.0. The molecule has 0 spiro atoms. The van der Waals surface area contributed by atoms with Crippen LogP contribution in [0.2, 0.25) is 5.02 Å². The zero-order valence-corrected chi connectivity index (χ0v) is 30.8. The quantitative estimate of drug-likeness (QED) is 0.139. The summed E-state index contributed by atoms with van der Waals surface area (Å²) in [7, 11) is 3.24. The van der Waals surface area contributed by atoms with Crippen molar-refractivity contribution in [2.45, 2.75) is 46.4 Å². The number of amides is 1. The van der Waals surface area contributed by atoms with Crippen molar-refractivity contribution < 1.29 is 27.8 Å². The molecule has 0 radical (unpaired) electrons. The number of piperazine rings is 1. The molecular weight excluding hydrogens is 690 g/mol. The van der Waals surface area contributed by atoms with Crippen molar-refractivity contribution in [3.8, 4) is 22.8 Å². The number of fused-ring (bicyclic) bond motifs is 1. The molecule has 1 aliphatic heterocycles. The molecule has 0 N–H and O–H groups in total. The maximum Gasteiger partial charge on any atom is 0.410 e. The van der Waals surface area contributed by atoms with Gasteiger partial charge in [-0.3, -0.25) is 0 Å². The maximum absolute atomic E-state index is 16.7. The van der Waals surface area contributed by atoms with Crippen molar-refractivity contribution in [2.75, 3.05) is 50.2 Å². The number of hydrogen-bond donors (Lipinski definition) is 0. The highest BCUT2D eigenvalue weighted by Crippen LogP contribution is 2.39. The number of aryl methyl sites for hydroxylation is 1. The van der Waals surface area contributed by atoms with Gasteiger partial charge in [-0.2, -0.15) is 14.4 Å². The first-order chi connectivity index (χ1) is 24.8. The van der Waals surface area contributed by atoms with E-state index in [1.54, 1.807) is 56.9 Å². The van der Waals surface area contributed by atoms with E-state index >= 15 is 8.78 Å². The topological polar surface area (TPSA) is 93.2 Å². The summed E-state index contributed by atoms with van der Waals surface area (Å²) in [5, 5.41) is 0.335. The first-order valence-electron chi connectivity index (χ1n) is 16.9. The molecule has 1 saturated heterocycles. The molecule has 1 aliphatic rings. The number of carbonyl (C=O) groups excluding carboxylic acids is 1. The summed E-state index contributed by atoms with van der Waals surface area (Å²) in [6.45, 7) is 9.57. The Hall–Kier alpha value is -5.23. The molecule has 10 nitrogen and oxygen atoms in total. The van der Waals surface area contributed by atoms with Crippen LogP contribution in [0.3, 0.4) is 0 Å². The molecule has 2 aromatic heterocycles. The van der Waals surface area contributed by atoms with Gasteiger partial charge < -0.3 is 28.9 Å². The summed E-state index contributed by atoms with van der Waals surface area (Å²) in [6.07, 6.45) is -1.51. The van der Waals surface area contributed by atoms with Crippen LogP contribution in [0.1, 0.15) is 37.5 Å². The zero-order chi connectivity index (χ0) is 37.2. The Balaban J connectivity index is 1.35. The largest absolute Gasteiger partial charge is 0.497 e. The van der Waals surface area contributed by atoms with E-state index in [1.807, 2.05) is 61.5 Å². The highest BCUT2D eigenvalue weighted by atomic mass is 35.5. The number of rotatable bonds is 9. The molecule has 3 heterocycles. The lowest BCUT2D eigenvalue weighted by molar-refractivity contribution is 0.0240. The van der Waals surface area contributed by atoms with Crippen molar-refractivity contribution in [3.05, 3.63) is 100 Å². The predicted octanol–water partition coefficient (Wildman–Crippen LogP) is 8.21. The molecule has 52 heavy (non-hydrogen) atoms. The van der Waals surface area contributed by atoms with Gasteiger partial charge in [0.25, 0.3) is 0 Å². The van der Waals surface area contributed by atoms with E-state index in [-0.39, 0.29) is 33.0 Å². The van der Waals surface area contributed by atoms with Crippen LogP contribution in [-0.2, 0) is 17.8 Å². The van der Waals surface area contributed by atoms with Crippen molar-refractivity contribution in [2.24, 2.45) is 0 Å². The second kappa shape index (κ2) is 15.2. The fourth-order valence-corrected chi connectivity index (χ4v) is 6.40. The molecule has 0 saturated carbocycles. The highest BCUT2D eigenvalue weighted by Gasteiger charge is 2.29.